The van der Waals surface area contributed by atoms with Gasteiger partial charge in [-0.1, -0.05) is 29.8 Å². The highest BCUT2D eigenvalue weighted by atomic mass is 35.5. The van der Waals surface area contributed by atoms with E-state index in [1.54, 1.807) is 0 Å². The van der Waals surface area contributed by atoms with E-state index in [1.807, 2.05) is 49.1 Å². The molecule has 1 aliphatic rings. The summed E-state index contributed by atoms with van der Waals surface area (Å²) >= 11 is 6.26. The first-order chi connectivity index (χ1) is 11.0. The van der Waals surface area contributed by atoms with E-state index < -0.39 is 0 Å². The Labute approximate surface area is 140 Å². The fraction of sp³-hybridized carbons (Fsp3) is 0.412. The van der Waals surface area contributed by atoms with Crippen LogP contribution in [0.2, 0.25) is 5.02 Å². The molecule has 2 aromatic rings. The van der Waals surface area contributed by atoms with Crippen molar-refractivity contribution in [1.29, 1.82) is 0 Å². The van der Waals surface area contributed by atoms with Crippen molar-refractivity contribution in [3.8, 4) is 0 Å². The van der Waals surface area contributed by atoms with Gasteiger partial charge >= 0.3 is 0 Å². The highest BCUT2D eigenvalue weighted by Gasteiger charge is 2.31. The number of hydrogen-bond acceptors (Lipinski definition) is 3. The van der Waals surface area contributed by atoms with Crippen LogP contribution in [0, 0.1) is 6.92 Å². The van der Waals surface area contributed by atoms with Gasteiger partial charge < -0.3 is 9.64 Å². The Morgan fingerprint density at radius 1 is 1.48 bits per heavy atom. The van der Waals surface area contributed by atoms with E-state index in [0.717, 1.165) is 17.0 Å². The van der Waals surface area contributed by atoms with Crippen LogP contribution >= 0.6 is 11.6 Å². The molecule has 2 atom stereocenters. The van der Waals surface area contributed by atoms with Gasteiger partial charge in [0.05, 0.1) is 31.3 Å². The van der Waals surface area contributed by atoms with E-state index in [0.29, 0.717) is 24.6 Å². The number of carbonyl (C=O) groups is 1. The summed E-state index contributed by atoms with van der Waals surface area (Å²) in [6, 6.07) is 9.55. The summed E-state index contributed by atoms with van der Waals surface area (Å²) in [5.41, 5.74) is 2.65. The van der Waals surface area contributed by atoms with Gasteiger partial charge in [-0.05, 0) is 26.0 Å². The first-order valence-corrected chi connectivity index (χ1v) is 8.09. The molecule has 1 saturated heterocycles. The highest BCUT2D eigenvalue weighted by Crippen LogP contribution is 2.30. The van der Waals surface area contributed by atoms with Crippen molar-refractivity contribution in [1.82, 2.24) is 15.1 Å². The van der Waals surface area contributed by atoms with Crippen LogP contribution < -0.4 is 0 Å². The number of nitrogens with one attached hydrogen (secondary N) is 1. The van der Waals surface area contributed by atoms with Gasteiger partial charge in [-0.25, -0.2) is 0 Å². The summed E-state index contributed by atoms with van der Waals surface area (Å²) in [6.07, 6.45) is 0.106. The van der Waals surface area contributed by atoms with Crippen LogP contribution in [0.5, 0.6) is 0 Å². The molecule has 0 aliphatic carbocycles. The zero-order valence-electron chi connectivity index (χ0n) is 13.3. The van der Waals surface area contributed by atoms with Crippen LogP contribution in [-0.2, 0) is 16.0 Å². The summed E-state index contributed by atoms with van der Waals surface area (Å²) in [5, 5.41) is 7.68. The van der Waals surface area contributed by atoms with Crippen molar-refractivity contribution < 1.29 is 9.53 Å². The Bertz CT molecular complexity index is 701. The predicted octanol–water partition coefficient (Wildman–Crippen LogP) is 2.90. The van der Waals surface area contributed by atoms with Crippen molar-refractivity contribution in [2.75, 3.05) is 13.2 Å². The van der Waals surface area contributed by atoms with Crippen molar-refractivity contribution in [2.45, 2.75) is 32.4 Å². The standard InChI is InChI=1S/C17H20ClN3O2/c1-11-7-13(20-19-11)8-17(22)21-9-16(23-10-12(21)2)14-5-3-4-6-15(14)18/h3-7,12,16H,8-10H2,1-2H3,(H,19,20)/t12-,16+/m0/s1. The van der Waals surface area contributed by atoms with E-state index in [1.165, 1.54) is 0 Å². The number of amides is 1. The topological polar surface area (TPSA) is 58.2 Å². The van der Waals surface area contributed by atoms with Gasteiger partial charge in [0.15, 0.2) is 0 Å². The van der Waals surface area contributed by atoms with Crippen LogP contribution in [0.3, 0.4) is 0 Å². The molecule has 0 bridgehead atoms. The van der Waals surface area contributed by atoms with Crippen LogP contribution in [0.15, 0.2) is 30.3 Å². The van der Waals surface area contributed by atoms with Crippen molar-refractivity contribution in [3.63, 3.8) is 0 Å². The predicted molar refractivity (Wildman–Crippen MR) is 88.3 cm³/mol. The van der Waals surface area contributed by atoms with Gasteiger partial charge in [-0.15, -0.1) is 0 Å². The normalized spacial score (nSPS) is 21.4. The molecule has 5 nitrogen and oxygen atoms in total. The molecule has 2 heterocycles. The lowest BCUT2D eigenvalue weighted by Gasteiger charge is -2.38. The largest absolute Gasteiger partial charge is 0.369 e. The quantitative estimate of drug-likeness (QED) is 0.939. The Kier molecular flexibility index (Phi) is 4.68. The molecule has 0 saturated carbocycles. The fourth-order valence-electron chi connectivity index (χ4n) is 2.85. The van der Waals surface area contributed by atoms with E-state index in [2.05, 4.69) is 10.2 Å². The Balaban J connectivity index is 1.73. The molecule has 1 aromatic carbocycles. The average Bonchev–Trinajstić information content (AvgIpc) is 2.93. The lowest BCUT2D eigenvalue weighted by molar-refractivity contribution is -0.143. The lowest BCUT2D eigenvalue weighted by atomic mass is 10.1. The maximum Gasteiger partial charge on any atom is 0.229 e. The third-order valence-corrected chi connectivity index (χ3v) is 4.44. The van der Waals surface area contributed by atoms with Crippen molar-refractivity contribution >= 4 is 17.5 Å². The van der Waals surface area contributed by atoms with Gasteiger partial charge in [0, 0.05) is 16.3 Å². The molecule has 122 valence electrons. The third-order valence-electron chi connectivity index (χ3n) is 4.10. The van der Waals surface area contributed by atoms with Crippen molar-refractivity contribution in [3.05, 3.63) is 52.3 Å². The number of halogens is 1. The first kappa shape index (κ1) is 16.0. The van der Waals surface area contributed by atoms with Gasteiger partial charge in [0.1, 0.15) is 6.10 Å². The Morgan fingerprint density at radius 2 is 2.26 bits per heavy atom. The molecule has 3 rings (SSSR count). The van der Waals surface area contributed by atoms with Gasteiger partial charge in [-0.2, -0.15) is 5.10 Å². The number of aryl methyl sites for hydroxylation is 1. The molecule has 1 amide bonds. The smallest absolute Gasteiger partial charge is 0.229 e. The van der Waals surface area contributed by atoms with Crippen LogP contribution in [-0.4, -0.2) is 40.2 Å². The molecule has 6 heteroatoms. The molecule has 1 aromatic heterocycles. The molecule has 1 aliphatic heterocycles. The maximum absolute atomic E-state index is 12.6. The fourth-order valence-corrected chi connectivity index (χ4v) is 3.11. The third kappa shape index (κ3) is 3.57. The molecule has 23 heavy (non-hydrogen) atoms. The highest BCUT2D eigenvalue weighted by molar-refractivity contribution is 6.31. The second-order valence-corrected chi connectivity index (χ2v) is 6.36. The summed E-state index contributed by atoms with van der Waals surface area (Å²) in [7, 11) is 0. The molecule has 0 unspecified atom stereocenters. The SMILES string of the molecule is Cc1cc(CC(=O)N2C[C@H](c3ccccc3Cl)OC[C@@H]2C)n[nH]1. The zero-order valence-corrected chi connectivity index (χ0v) is 14.0. The number of nitrogens with zero attached hydrogens (tertiary/aromatic N) is 2. The second-order valence-electron chi connectivity index (χ2n) is 5.96. The van der Waals surface area contributed by atoms with E-state index in [4.69, 9.17) is 16.3 Å². The van der Waals surface area contributed by atoms with Crippen LogP contribution in [0.25, 0.3) is 0 Å². The number of rotatable bonds is 3. The molecule has 1 fully saturated rings. The Morgan fingerprint density at radius 3 is 2.96 bits per heavy atom. The summed E-state index contributed by atoms with van der Waals surface area (Å²) in [5.74, 6) is 0.0596. The summed E-state index contributed by atoms with van der Waals surface area (Å²) < 4.78 is 5.89. The lowest BCUT2D eigenvalue weighted by Crippen LogP contribution is -2.48. The maximum atomic E-state index is 12.6. The zero-order chi connectivity index (χ0) is 16.4. The molecular formula is C17H20ClN3O2. The second kappa shape index (κ2) is 6.72. The number of morpholine rings is 1. The minimum Gasteiger partial charge on any atom is -0.369 e. The number of ether oxygens (including phenoxy) is 1. The number of carbonyl (C=O) groups excluding carboxylic acids is 1. The number of aromatic amines is 1. The van der Waals surface area contributed by atoms with E-state index in [9.17, 15) is 4.79 Å². The van der Waals surface area contributed by atoms with Crippen LogP contribution in [0.1, 0.15) is 30.0 Å². The van der Waals surface area contributed by atoms with Gasteiger partial charge in [-0.3, -0.25) is 9.89 Å². The van der Waals surface area contributed by atoms with Gasteiger partial charge in [0.25, 0.3) is 0 Å². The minimum absolute atomic E-state index is 0.0428. The number of H-pyrrole nitrogens is 1. The monoisotopic (exact) mass is 333 g/mol. The minimum atomic E-state index is -0.190. The summed E-state index contributed by atoms with van der Waals surface area (Å²) in [6.45, 7) is 4.93. The van der Waals surface area contributed by atoms with E-state index >= 15 is 0 Å². The number of aromatic nitrogens is 2. The molecule has 1 N–H and O–H groups in total. The van der Waals surface area contributed by atoms with Crippen molar-refractivity contribution in [2.24, 2.45) is 0 Å². The van der Waals surface area contributed by atoms with Gasteiger partial charge in [0.2, 0.25) is 5.91 Å². The molecule has 0 radical (unpaired) electrons. The number of benzene rings is 1. The first-order valence-electron chi connectivity index (χ1n) is 7.71. The number of hydrogen-bond donors (Lipinski definition) is 1. The molecule has 0 spiro atoms. The Hall–Kier alpha value is -1.85. The summed E-state index contributed by atoms with van der Waals surface area (Å²) in [4.78, 5) is 14.5. The van der Waals surface area contributed by atoms with Crippen LogP contribution in [0.4, 0.5) is 0 Å². The molecular weight excluding hydrogens is 314 g/mol. The van der Waals surface area contributed by atoms with E-state index in [-0.39, 0.29) is 18.1 Å². The average molecular weight is 334 g/mol.